The Bertz CT molecular complexity index is 1400. The molecule has 9 nitrogen and oxygen atoms in total. The smallest absolute Gasteiger partial charge is 0.305 e. The molecule has 0 N–H and O–H groups in total. The van der Waals surface area contributed by atoms with E-state index in [1.165, 1.54) is 283 Å². The summed E-state index contributed by atoms with van der Waals surface area (Å²) in [5.41, 5.74) is 0. The van der Waals surface area contributed by atoms with Gasteiger partial charge in [0.05, 0.1) is 13.2 Å². The fraction of sp³-hybridized carbons (Fsp3) is 0.951. The van der Waals surface area contributed by atoms with Crippen LogP contribution in [0.2, 0.25) is 0 Å². The van der Waals surface area contributed by atoms with E-state index in [1.807, 2.05) is 0 Å². The van der Waals surface area contributed by atoms with Gasteiger partial charge in [0.25, 0.3) is 0 Å². The van der Waals surface area contributed by atoms with Crippen LogP contribution < -0.4 is 0 Å². The third kappa shape index (κ3) is 62.0. The summed E-state index contributed by atoms with van der Waals surface area (Å²) in [7, 11) is 2.27. The predicted octanol–water partition coefficient (Wildman–Crippen LogP) is 24.4. The van der Waals surface area contributed by atoms with Crippen LogP contribution in [0.4, 0.5) is 0 Å². The summed E-state index contributed by atoms with van der Waals surface area (Å²) in [6, 6.07) is 0. The first-order chi connectivity index (χ1) is 44.1. The Morgan fingerprint density at radius 2 is 0.444 bits per heavy atom. The third-order valence-electron chi connectivity index (χ3n) is 19.6. The number of ether oxygens (including phenoxy) is 2. The molecular formula is C81H159N3O6. The van der Waals surface area contributed by atoms with Crippen molar-refractivity contribution in [3.8, 4) is 0 Å². The summed E-state index contributed by atoms with van der Waals surface area (Å²) in [5, 5.41) is 0. The Morgan fingerprint density at radius 3 is 0.722 bits per heavy atom. The van der Waals surface area contributed by atoms with E-state index in [1.54, 1.807) is 0 Å². The highest BCUT2D eigenvalue weighted by atomic mass is 16.5. The van der Waals surface area contributed by atoms with Crippen LogP contribution in [0.25, 0.3) is 0 Å². The van der Waals surface area contributed by atoms with Crippen LogP contribution in [-0.4, -0.2) is 98.0 Å². The third-order valence-corrected chi connectivity index (χ3v) is 19.6. The van der Waals surface area contributed by atoms with Crippen LogP contribution in [0.3, 0.4) is 0 Å². The summed E-state index contributed by atoms with van der Waals surface area (Å²) in [5.74, 6) is 1.61. The van der Waals surface area contributed by atoms with Gasteiger partial charge in [-0.1, -0.05) is 311 Å². The van der Waals surface area contributed by atoms with Gasteiger partial charge in [-0.05, 0) is 122 Å². The van der Waals surface area contributed by atoms with E-state index in [0.717, 1.165) is 116 Å². The molecule has 0 saturated carbocycles. The fourth-order valence-corrected chi connectivity index (χ4v) is 13.2. The van der Waals surface area contributed by atoms with Crippen LogP contribution in [-0.2, 0) is 28.7 Å². The summed E-state index contributed by atoms with van der Waals surface area (Å²) in [6.07, 6.45) is 70.4. The topological polar surface area (TPSA) is 96.5 Å². The predicted molar refractivity (Wildman–Crippen MR) is 391 cm³/mol. The van der Waals surface area contributed by atoms with Gasteiger partial charge < -0.3 is 24.2 Å². The molecule has 2 unspecified atom stereocenters. The Hall–Kier alpha value is -2.16. The SMILES string of the molecule is CCCCCCCCCCN(CCCCCC(=O)OCC(CCCCCC)CCCCCCCC)C(=O)CCCCCCCN(C)CCCCCCCC(=O)N(CCCCCCCCCC)CCCCCC(=O)OCC(CCCCCC)CCCCCCCC. The van der Waals surface area contributed by atoms with Gasteiger partial charge >= 0.3 is 11.9 Å². The van der Waals surface area contributed by atoms with Crippen LogP contribution in [0.1, 0.15) is 427 Å². The molecule has 90 heavy (non-hydrogen) atoms. The lowest BCUT2D eigenvalue weighted by Crippen LogP contribution is -2.32. The van der Waals surface area contributed by atoms with Gasteiger partial charge in [0, 0.05) is 51.9 Å². The first-order valence-electron chi connectivity index (χ1n) is 40.7. The van der Waals surface area contributed by atoms with Crippen molar-refractivity contribution >= 4 is 23.8 Å². The molecule has 0 aliphatic rings. The first kappa shape index (κ1) is 87.8. The first-order valence-corrected chi connectivity index (χ1v) is 40.7. The summed E-state index contributed by atoms with van der Waals surface area (Å²) < 4.78 is 11.8. The van der Waals surface area contributed by atoms with E-state index in [2.05, 4.69) is 63.3 Å². The number of hydrogen-bond acceptors (Lipinski definition) is 7. The van der Waals surface area contributed by atoms with E-state index in [-0.39, 0.29) is 11.9 Å². The Kier molecular flexibility index (Phi) is 69.4. The molecule has 0 rings (SSSR count). The van der Waals surface area contributed by atoms with Gasteiger partial charge in [-0.15, -0.1) is 0 Å². The van der Waals surface area contributed by atoms with Crippen molar-refractivity contribution in [1.82, 2.24) is 14.7 Å². The minimum Gasteiger partial charge on any atom is -0.465 e. The molecule has 0 aromatic rings. The van der Waals surface area contributed by atoms with Gasteiger partial charge in [0.2, 0.25) is 11.8 Å². The van der Waals surface area contributed by atoms with E-state index in [4.69, 9.17) is 9.47 Å². The summed E-state index contributed by atoms with van der Waals surface area (Å²) in [6.45, 7) is 20.5. The molecule has 9 heteroatoms. The summed E-state index contributed by atoms with van der Waals surface area (Å²) in [4.78, 5) is 59.8. The van der Waals surface area contributed by atoms with Crippen LogP contribution >= 0.6 is 0 Å². The number of hydrogen-bond donors (Lipinski definition) is 0. The fourth-order valence-electron chi connectivity index (χ4n) is 13.2. The maximum absolute atomic E-state index is 13.6. The van der Waals surface area contributed by atoms with Gasteiger partial charge in [0.15, 0.2) is 0 Å². The lowest BCUT2D eigenvalue weighted by molar-refractivity contribution is -0.146. The number of nitrogens with zero attached hydrogens (tertiary/aromatic N) is 3. The highest BCUT2D eigenvalue weighted by Gasteiger charge is 2.18. The number of esters is 2. The maximum Gasteiger partial charge on any atom is 0.305 e. The zero-order valence-electron chi connectivity index (χ0n) is 62.0. The monoisotopic (exact) mass is 1270 g/mol. The molecule has 2 atom stereocenters. The highest BCUT2D eigenvalue weighted by molar-refractivity contribution is 5.76. The molecule has 0 spiro atoms. The average molecular weight is 1270 g/mol. The van der Waals surface area contributed by atoms with Crippen molar-refractivity contribution in [2.75, 3.05) is 59.5 Å². The van der Waals surface area contributed by atoms with E-state index < -0.39 is 0 Å². The molecule has 0 heterocycles. The minimum absolute atomic E-state index is 0.0320. The molecule has 0 fully saturated rings. The zero-order valence-corrected chi connectivity index (χ0v) is 62.0. The number of rotatable bonds is 74. The lowest BCUT2D eigenvalue weighted by Gasteiger charge is -2.23. The van der Waals surface area contributed by atoms with Crippen molar-refractivity contribution in [2.45, 2.75) is 427 Å². The molecular weight excluding hydrogens is 1110 g/mol. The number of unbranched alkanes of at least 4 members (excludes halogenated alkanes) is 42. The van der Waals surface area contributed by atoms with Crippen molar-refractivity contribution in [3.63, 3.8) is 0 Å². The summed E-state index contributed by atoms with van der Waals surface area (Å²) >= 11 is 0. The number of carbonyl (C=O) groups excluding carboxylic acids is 4. The zero-order chi connectivity index (χ0) is 65.7. The van der Waals surface area contributed by atoms with Crippen molar-refractivity contribution < 1.29 is 28.7 Å². The highest BCUT2D eigenvalue weighted by Crippen LogP contribution is 2.23. The van der Waals surface area contributed by atoms with E-state index in [0.29, 0.717) is 62.5 Å². The quantitative estimate of drug-likeness (QED) is 0.0442. The van der Waals surface area contributed by atoms with Crippen LogP contribution in [0, 0.1) is 11.8 Å². The van der Waals surface area contributed by atoms with Crippen molar-refractivity contribution in [3.05, 3.63) is 0 Å². The average Bonchev–Trinajstić information content (AvgIpc) is 3.76. The molecule has 0 aliphatic carbocycles. The lowest BCUT2D eigenvalue weighted by atomic mass is 9.95. The Labute approximate surface area is 562 Å². The molecule has 0 aromatic heterocycles. The second kappa shape index (κ2) is 71.1. The normalized spacial score (nSPS) is 12.3. The minimum atomic E-state index is -0.0320. The molecule has 0 radical (unpaired) electrons. The molecule has 0 saturated heterocycles. The second-order valence-corrected chi connectivity index (χ2v) is 28.6. The molecule has 0 aromatic carbocycles. The van der Waals surface area contributed by atoms with Gasteiger partial charge in [0.1, 0.15) is 0 Å². The van der Waals surface area contributed by atoms with E-state index >= 15 is 0 Å². The van der Waals surface area contributed by atoms with Crippen LogP contribution in [0.15, 0.2) is 0 Å². The number of carbonyl (C=O) groups is 4. The van der Waals surface area contributed by atoms with Gasteiger partial charge in [-0.2, -0.15) is 0 Å². The maximum atomic E-state index is 13.6. The Balaban J connectivity index is 4.71. The second-order valence-electron chi connectivity index (χ2n) is 28.6. The van der Waals surface area contributed by atoms with Gasteiger partial charge in [-0.25, -0.2) is 0 Å². The number of amides is 2. The molecule has 0 aliphatic heterocycles. The van der Waals surface area contributed by atoms with Crippen molar-refractivity contribution in [1.29, 1.82) is 0 Å². The Morgan fingerprint density at radius 1 is 0.244 bits per heavy atom. The van der Waals surface area contributed by atoms with Crippen LogP contribution in [0.5, 0.6) is 0 Å². The largest absolute Gasteiger partial charge is 0.465 e. The van der Waals surface area contributed by atoms with E-state index in [9.17, 15) is 19.2 Å². The molecule has 0 bridgehead atoms. The van der Waals surface area contributed by atoms with Gasteiger partial charge in [-0.3, -0.25) is 19.2 Å². The molecule has 2 amide bonds. The standard InChI is InChI=1S/C81H159N3O6/c1-8-14-20-26-30-32-42-56-70-83(72-58-44-52-66-80(87)89-74-76(60-46-24-18-12-5)62-48-36-28-22-16-10-3)78(85)64-50-38-34-40-54-68-82(7)69-55-41-35-39-51-65-79(86)84(71-57-43-33-31-27-21-15-9-2)73-59-45-53-67-81(88)90-75-77(61-47-25-19-13-6)63-49-37-29-23-17-11-4/h76-77H,8-75H2,1-7H3. The molecule has 534 valence electrons. The van der Waals surface area contributed by atoms with Crippen molar-refractivity contribution in [2.24, 2.45) is 11.8 Å².